The third kappa shape index (κ3) is 5.38. The van der Waals surface area contributed by atoms with Crippen LogP contribution in [-0.4, -0.2) is 41.6 Å². The second-order valence-corrected chi connectivity index (χ2v) is 6.64. The molecule has 1 heterocycles. The second kappa shape index (κ2) is 8.49. The minimum atomic E-state index is -0.473. The Kier molecular flexibility index (Phi) is 6.36. The molecule has 0 bridgehead atoms. The first-order chi connectivity index (χ1) is 11.5. The van der Waals surface area contributed by atoms with Crippen LogP contribution >= 0.6 is 11.8 Å². The lowest BCUT2D eigenvalue weighted by atomic mass is 10.2. The molecular formula is C16H20N4O3S. The number of amides is 2. The van der Waals surface area contributed by atoms with Crippen LogP contribution in [0.1, 0.15) is 25.8 Å². The quantitative estimate of drug-likeness (QED) is 0.602. The van der Waals surface area contributed by atoms with E-state index in [0.717, 1.165) is 11.3 Å². The van der Waals surface area contributed by atoms with Crippen molar-refractivity contribution in [1.82, 2.24) is 10.6 Å². The molecule has 1 atom stereocenters. The number of thioether (sulfide) groups is 1. The summed E-state index contributed by atoms with van der Waals surface area (Å²) >= 11 is 1.21. The van der Waals surface area contributed by atoms with Gasteiger partial charge in [0.05, 0.1) is 13.3 Å². The average molecular weight is 348 g/mol. The number of hydrogen-bond donors (Lipinski definition) is 2. The van der Waals surface area contributed by atoms with E-state index in [9.17, 15) is 9.59 Å². The fraction of sp³-hybridized carbons (Fsp3) is 0.375. The zero-order valence-electron chi connectivity index (χ0n) is 13.8. The molecule has 1 aromatic carbocycles. The molecule has 1 fully saturated rings. The molecule has 0 aliphatic carbocycles. The fourth-order valence-corrected chi connectivity index (χ4v) is 2.90. The molecule has 24 heavy (non-hydrogen) atoms. The van der Waals surface area contributed by atoms with Gasteiger partial charge in [-0.25, -0.2) is 0 Å². The lowest BCUT2D eigenvalue weighted by Crippen LogP contribution is -2.34. The van der Waals surface area contributed by atoms with Crippen molar-refractivity contribution in [2.75, 3.05) is 7.11 Å². The van der Waals surface area contributed by atoms with Gasteiger partial charge in [0.15, 0.2) is 5.17 Å². The maximum atomic E-state index is 11.9. The number of ether oxygens (including phenoxy) is 1. The van der Waals surface area contributed by atoms with Crippen LogP contribution in [0.4, 0.5) is 0 Å². The molecule has 7 nitrogen and oxygen atoms in total. The van der Waals surface area contributed by atoms with Crippen LogP contribution in [0, 0.1) is 0 Å². The highest BCUT2D eigenvalue weighted by Gasteiger charge is 2.32. The molecule has 1 saturated heterocycles. The molecule has 2 N–H and O–H groups in total. The molecule has 2 amide bonds. The van der Waals surface area contributed by atoms with Crippen molar-refractivity contribution >= 4 is 35.0 Å². The molecular weight excluding hydrogens is 328 g/mol. The molecule has 128 valence electrons. The predicted molar refractivity (Wildman–Crippen MR) is 95.4 cm³/mol. The van der Waals surface area contributed by atoms with Gasteiger partial charge in [0.2, 0.25) is 11.8 Å². The predicted octanol–water partition coefficient (Wildman–Crippen LogP) is 1.53. The first-order valence-electron chi connectivity index (χ1n) is 7.50. The molecule has 0 spiro atoms. The fourth-order valence-electron chi connectivity index (χ4n) is 1.97. The monoisotopic (exact) mass is 348 g/mol. The normalized spacial score (nSPS) is 19.1. The Hall–Kier alpha value is -2.35. The van der Waals surface area contributed by atoms with E-state index in [4.69, 9.17) is 4.74 Å². The Morgan fingerprint density at radius 2 is 2.12 bits per heavy atom. The topological polar surface area (TPSA) is 92.2 Å². The maximum absolute atomic E-state index is 11.9. The first kappa shape index (κ1) is 18.0. The molecule has 1 aliphatic rings. The van der Waals surface area contributed by atoms with E-state index in [1.807, 2.05) is 38.1 Å². The Balaban J connectivity index is 1.90. The lowest BCUT2D eigenvalue weighted by molar-refractivity contribution is -0.125. The summed E-state index contributed by atoms with van der Waals surface area (Å²) in [5, 5.41) is 13.3. The molecule has 0 aromatic heterocycles. The summed E-state index contributed by atoms with van der Waals surface area (Å²) < 4.78 is 5.08. The van der Waals surface area contributed by atoms with Crippen LogP contribution < -0.4 is 15.4 Å². The van der Waals surface area contributed by atoms with Crippen LogP contribution in [0.3, 0.4) is 0 Å². The number of hydrogen-bond acceptors (Lipinski definition) is 6. The largest absolute Gasteiger partial charge is 0.497 e. The van der Waals surface area contributed by atoms with Gasteiger partial charge in [0.25, 0.3) is 0 Å². The molecule has 1 aliphatic heterocycles. The Morgan fingerprint density at radius 3 is 2.75 bits per heavy atom. The molecule has 1 unspecified atom stereocenters. The highest BCUT2D eigenvalue weighted by atomic mass is 32.2. The minimum absolute atomic E-state index is 0.0502. The van der Waals surface area contributed by atoms with E-state index in [2.05, 4.69) is 20.8 Å². The number of methoxy groups -OCH3 is 1. The molecule has 8 heteroatoms. The van der Waals surface area contributed by atoms with Crippen molar-refractivity contribution in [3.8, 4) is 5.75 Å². The van der Waals surface area contributed by atoms with Crippen LogP contribution in [0.2, 0.25) is 0 Å². The molecule has 0 radical (unpaired) electrons. The van der Waals surface area contributed by atoms with Crippen molar-refractivity contribution in [2.24, 2.45) is 10.2 Å². The third-order valence-corrected chi connectivity index (χ3v) is 4.14. The van der Waals surface area contributed by atoms with E-state index in [1.54, 1.807) is 13.3 Å². The molecule has 2 rings (SSSR count). The summed E-state index contributed by atoms with van der Waals surface area (Å²) in [4.78, 5) is 23.6. The third-order valence-electron chi connectivity index (χ3n) is 3.07. The smallest absolute Gasteiger partial charge is 0.240 e. The number of nitrogens with zero attached hydrogens (tertiary/aromatic N) is 2. The van der Waals surface area contributed by atoms with Gasteiger partial charge in [0, 0.05) is 12.5 Å². The minimum Gasteiger partial charge on any atom is -0.497 e. The zero-order chi connectivity index (χ0) is 17.5. The summed E-state index contributed by atoms with van der Waals surface area (Å²) in [6, 6.07) is 7.40. The zero-order valence-corrected chi connectivity index (χ0v) is 14.6. The Labute approximate surface area is 144 Å². The summed E-state index contributed by atoms with van der Waals surface area (Å²) in [6.45, 7) is 3.75. The van der Waals surface area contributed by atoms with Crippen LogP contribution in [0.5, 0.6) is 5.75 Å². The number of carbonyl (C=O) groups is 2. The van der Waals surface area contributed by atoms with E-state index >= 15 is 0 Å². The number of carbonyl (C=O) groups excluding carboxylic acids is 2. The summed E-state index contributed by atoms with van der Waals surface area (Å²) in [5.41, 5.74) is 0.863. The Morgan fingerprint density at radius 1 is 1.42 bits per heavy atom. The standard InChI is InChI=1S/C16H20N4O3S/c1-10(2)18-14(21)8-13-15(22)19-16(24-13)20-17-9-11-4-6-12(23-3)7-5-11/h4-7,9-10,13H,8H2,1-3H3,(H,18,21)(H,19,20,22). The van der Waals surface area contributed by atoms with Gasteiger partial charge in [0.1, 0.15) is 11.0 Å². The summed E-state index contributed by atoms with van der Waals surface area (Å²) in [5.74, 6) is 0.387. The van der Waals surface area contributed by atoms with Crippen molar-refractivity contribution in [2.45, 2.75) is 31.6 Å². The van der Waals surface area contributed by atoms with Crippen molar-refractivity contribution in [3.05, 3.63) is 29.8 Å². The van der Waals surface area contributed by atoms with E-state index in [-0.39, 0.29) is 24.3 Å². The average Bonchev–Trinajstić information content (AvgIpc) is 2.87. The maximum Gasteiger partial charge on any atom is 0.240 e. The van der Waals surface area contributed by atoms with E-state index < -0.39 is 5.25 Å². The van der Waals surface area contributed by atoms with Gasteiger partial charge in [-0.15, -0.1) is 5.10 Å². The Bertz CT molecular complexity index is 656. The van der Waals surface area contributed by atoms with Gasteiger partial charge in [-0.1, -0.05) is 11.8 Å². The lowest BCUT2D eigenvalue weighted by Gasteiger charge is -2.09. The van der Waals surface area contributed by atoms with E-state index in [1.165, 1.54) is 11.8 Å². The number of rotatable bonds is 6. The van der Waals surface area contributed by atoms with Gasteiger partial charge in [-0.05, 0) is 43.7 Å². The van der Waals surface area contributed by atoms with Crippen molar-refractivity contribution < 1.29 is 14.3 Å². The highest BCUT2D eigenvalue weighted by molar-refractivity contribution is 8.15. The van der Waals surface area contributed by atoms with Crippen molar-refractivity contribution in [1.29, 1.82) is 0 Å². The van der Waals surface area contributed by atoms with E-state index in [0.29, 0.717) is 5.17 Å². The van der Waals surface area contributed by atoms with Gasteiger partial charge >= 0.3 is 0 Å². The number of nitrogens with one attached hydrogen (secondary N) is 2. The summed E-state index contributed by atoms with van der Waals surface area (Å²) in [6.07, 6.45) is 1.70. The SMILES string of the molecule is COc1ccc(C=NN=C2NC(=O)C(CC(=O)NC(C)C)S2)cc1. The number of benzene rings is 1. The molecule has 1 aromatic rings. The highest BCUT2D eigenvalue weighted by Crippen LogP contribution is 2.22. The van der Waals surface area contributed by atoms with Gasteiger partial charge < -0.3 is 15.4 Å². The first-order valence-corrected chi connectivity index (χ1v) is 8.38. The molecule has 0 saturated carbocycles. The van der Waals surface area contributed by atoms with Crippen LogP contribution in [0.25, 0.3) is 0 Å². The number of amidine groups is 1. The van der Waals surface area contributed by atoms with Gasteiger partial charge in [-0.3, -0.25) is 9.59 Å². The van der Waals surface area contributed by atoms with Gasteiger partial charge in [-0.2, -0.15) is 5.10 Å². The van der Waals surface area contributed by atoms with Crippen molar-refractivity contribution in [3.63, 3.8) is 0 Å². The summed E-state index contributed by atoms with van der Waals surface area (Å²) in [7, 11) is 1.60. The second-order valence-electron chi connectivity index (χ2n) is 5.44. The van der Waals surface area contributed by atoms with Crippen LogP contribution in [-0.2, 0) is 9.59 Å². The van der Waals surface area contributed by atoms with Crippen LogP contribution in [0.15, 0.2) is 34.5 Å².